The van der Waals surface area contributed by atoms with E-state index in [-0.39, 0.29) is 11.3 Å². The molecule has 10 heteroatoms. The molecule has 25 heavy (non-hydrogen) atoms. The lowest BCUT2D eigenvalue weighted by Crippen LogP contribution is -2.48. The number of amides is 1. The van der Waals surface area contributed by atoms with Crippen LogP contribution < -0.4 is 14.8 Å². The Balaban J connectivity index is 2.88. The Kier molecular flexibility index (Phi) is 8.73. The van der Waals surface area contributed by atoms with Gasteiger partial charge >= 0.3 is 5.97 Å². The molecule has 1 aromatic rings. The predicted octanol–water partition coefficient (Wildman–Crippen LogP) is 0.686. The maximum atomic E-state index is 12.5. The minimum Gasteiger partial charge on any atom is -0.494 e. The van der Waals surface area contributed by atoms with Crippen molar-refractivity contribution in [1.82, 2.24) is 10.0 Å². The van der Waals surface area contributed by atoms with Crippen LogP contribution in [0.3, 0.4) is 0 Å². The van der Waals surface area contributed by atoms with Gasteiger partial charge in [0.1, 0.15) is 18.3 Å². The van der Waals surface area contributed by atoms with E-state index in [4.69, 9.17) is 9.84 Å². The summed E-state index contributed by atoms with van der Waals surface area (Å²) in [6.45, 7) is 1.71. The van der Waals surface area contributed by atoms with E-state index in [2.05, 4.69) is 10.0 Å². The molecule has 3 N–H and O–H groups in total. The summed E-state index contributed by atoms with van der Waals surface area (Å²) in [5, 5.41) is 10.8. The molecule has 0 radical (unpaired) electrons. The lowest BCUT2D eigenvalue weighted by Gasteiger charge is -2.18. The van der Waals surface area contributed by atoms with E-state index >= 15 is 0 Å². The Morgan fingerprint density at radius 3 is 2.44 bits per heavy atom. The fraction of sp³-hybridized carbons (Fsp3) is 0.467. The van der Waals surface area contributed by atoms with E-state index in [1.54, 1.807) is 0 Å². The number of carbonyl (C=O) groups excluding carboxylic acids is 1. The molecule has 0 aliphatic carbocycles. The van der Waals surface area contributed by atoms with Gasteiger partial charge in [0.25, 0.3) is 0 Å². The molecule has 1 rings (SSSR count). The van der Waals surface area contributed by atoms with Crippen LogP contribution in [-0.4, -0.2) is 56.6 Å². The van der Waals surface area contributed by atoms with Gasteiger partial charge in [-0.1, -0.05) is 0 Å². The molecule has 0 aromatic heterocycles. The first-order valence-corrected chi connectivity index (χ1v) is 10.4. The van der Waals surface area contributed by atoms with Crippen molar-refractivity contribution in [1.29, 1.82) is 0 Å². The molecule has 1 unspecified atom stereocenters. The van der Waals surface area contributed by atoms with Gasteiger partial charge in [0.2, 0.25) is 15.9 Å². The summed E-state index contributed by atoms with van der Waals surface area (Å²) in [4.78, 5) is 22.6. The van der Waals surface area contributed by atoms with Crippen LogP contribution in [0.25, 0.3) is 0 Å². The van der Waals surface area contributed by atoms with Crippen LogP contribution in [0.2, 0.25) is 0 Å². The molecule has 8 nitrogen and oxygen atoms in total. The third-order valence-corrected chi connectivity index (χ3v) is 5.21. The van der Waals surface area contributed by atoms with Crippen LogP contribution in [0.4, 0.5) is 0 Å². The Morgan fingerprint density at radius 2 is 1.92 bits per heavy atom. The molecule has 1 aromatic carbocycles. The van der Waals surface area contributed by atoms with Crippen molar-refractivity contribution in [3.05, 3.63) is 24.3 Å². The number of nitrogens with one attached hydrogen (secondary N) is 2. The first-order valence-electron chi connectivity index (χ1n) is 7.53. The Bertz CT molecular complexity index is 676. The molecule has 0 saturated heterocycles. The molecule has 1 atom stereocenters. The second-order valence-electron chi connectivity index (χ2n) is 4.97. The molecule has 0 aliphatic rings. The number of carbonyl (C=O) groups is 2. The molecule has 0 bridgehead atoms. The standard InChI is InChI=1S/C15H22N2O6S2/c1-3-23-11-4-6-12(7-5-11)25(21,22)17-13(8-9-24-2)15(20)16-10-14(18)19/h4-7,13,17H,3,8-10H2,1-2H3,(H,16,20)(H,18,19). The highest BCUT2D eigenvalue weighted by Gasteiger charge is 2.25. The average Bonchev–Trinajstić information content (AvgIpc) is 2.57. The highest BCUT2D eigenvalue weighted by molar-refractivity contribution is 7.98. The number of sulfonamides is 1. The highest BCUT2D eigenvalue weighted by atomic mass is 32.2. The molecule has 0 aliphatic heterocycles. The topological polar surface area (TPSA) is 122 Å². The summed E-state index contributed by atoms with van der Waals surface area (Å²) in [7, 11) is -3.93. The van der Waals surface area contributed by atoms with Crippen LogP contribution in [0.5, 0.6) is 5.75 Å². The van der Waals surface area contributed by atoms with Gasteiger partial charge in [-0.25, -0.2) is 8.42 Å². The van der Waals surface area contributed by atoms with Gasteiger partial charge < -0.3 is 15.2 Å². The molecule has 1 amide bonds. The summed E-state index contributed by atoms with van der Waals surface area (Å²) >= 11 is 1.45. The lowest BCUT2D eigenvalue weighted by molar-refractivity contribution is -0.138. The molecule has 140 valence electrons. The maximum absolute atomic E-state index is 12.5. The number of carboxylic acids is 1. The fourth-order valence-electron chi connectivity index (χ4n) is 1.90. The minimum absolute atomic E-state index is 0.00357. The van der Waals surface area contributed by atoms with Crippen molar-refractivity contribution >= 4 is 33.7 Å². The minimum atomic E-state index is -3.93. The van der Waals surface area contributed by atoms with Crippen molar-refractivity contribution in [2.45, 2.75) is 24.3 Å². The van der Waals surface area contributed by atoms with Crippen LogP contribution in [-0.2, 0) is 19.6 Å². The van der Waals surface area contributed by atoms with E-state index in [0.29, 0.717) is 18.1 Å². The number of rotatable bonds is 11. The monoisotopic (exact) mass is 390 g/mol. The van der Waals surface area contributed by atoms with Crippen LogP contribution >= 0.6 is 11.8 Å². The largest absolute Gasteiger partial charge is 0.494 e. The van der Waals surface area contributed by atoms with Crippen molar-refractivity contribution in [3.63, 3.8) is 0 Å². The zero-order valence-electron chi connectivity index (χ0n) is 14.0. The first kappa shape index (κ1) is 21.3. The van der Waals surface area contributed by atoms with Gasteiger partial charge in [0, 0.05) is 0 Å². The van der Waals surface area contributed by atoms with Crippen LogP contribution in [0, 0.1) is 0 Å². The highest BCUT2D eigenvalue weighted by Crippen LogP contribution is 2.16. The number of aliphatic carboxylic acids is 1. The molecular formula is C15H22N2O6S2. The zero-order chi connectivity index (χ0) is 18.9. The lowest BCUT2D eigenvalue weighted by atomic mass is 10.2. The van der Waals surface area contributed by atoms with Crippen molar-refractivity contribution in [2.75, 3.05) is 25.2 Å². The smallest absolute Gasteiger partial charge is 0.322 e. The summed E-state index contributed by atoms with van der Waals surface area (Å²) < 4.78 is 32.5. The average molecular weight is 390 g/mol. The van der Waals surface area contributed by atoms with E-state index in [1.807, 2.05) is 13.2 Å². The van der Waals surface area contributed by atoms with E-state index in [0.717, 1.165) is 0 Å². The van der Waals surface area contributed by atoms with Crippen molar-refractivity contribution in [2.24, 2.45) is 0 Å². The summed E-state index contributed by atoms with van der Waals surface area (Å²) in [6, 6.07) is 4.77. The third kappa shape index (κ3) is 7.32. The molecule has 0 fully saturated rings. The first-order chi connectivity index (χ1) is 11.8. The fourth-order valence-corrected chi connectivity index (χ4v) is 3.60. The molecule has 0 spiro atoms. The van der Waals surface area contributed by atoms with E-state index < -0.39 is 34.5 Å². The van der Waals surface area contributed by atoms with Crippen molar-refractivity contribution < 1.29 is 27.9 Å². The SMILES string of the molecule is CCOc1ccc(S(=O)(=O)NC(CCSC)C(=O)NCC(=O)O)cc1. The zero-order valence-corrected chi connectivity index (χ0v) is 15.7. The number of ether oxygens (including phenoxy) is 1. The van der Waals surface area contributed by atoms with Gasteiger partial charge in [-0.15, -0.1) is 0 Å². The van der Waals surface area contributed by atoms with Gasteiger partial charge in [-0.2, -0.15) is 16.5 Å². The molecular weight excluding hydrogens is 368 g/mol. The Morgan fingerprint density at radius 1 is 1.28 bits per heavy atom. The third-order valence-electron chi connectivity index (χ3n) is 3.08. The number of carboxylic acid groups (broad SMARTS) is 1. The van der Waals surface area contributed by atoms with E-state index in [9.17, 15) is 18.0 Å². The number of thioether (sulfide) groups is 1. The second kappa shape index (κ2) is 10.3. The van der Waals surface area contributed by atoms with Crippen molar-refractivity contribution in [3.8, 4) is 5.75 Å². The van der Waals surface area contributed by atoms with Gasteiger partial charge in [-0.3, -0.25) is 9.59 Å². The normalized spacial score (nSPS) is 12.4. The predicted molar refractivity (Wildman–Crippen MR) is 95.4 cm³/mol. The van der Waals surface area contributed by atoms with Gasteiger partial charge in [-0.05, 0) is 49.6 Å². The van der Waals surface area contributed by atoms with Crippen LogP contribution in [0.15, 0.2) is 29.2 Å². The molecule has 0 saturated carbocycles. The summed E-state index contributed by atoms with van der Waals surface area (Å²) in [5.74, 6) is -0.798. The second-order valence-corrected chi connectivity index (χ2v) is 7.67. The molecule has 0 heterocycles. The summed E-state index contributed by atoms with van der Waals surface area (Å²) in [6.07, 6.45) is 2.07. The Labute approximate surface area is 151 Å². The summed E-state index contributed by atoms with van der Waals surface area (Å²) in [5.41, 5.74) is 0. The number of hydrogen-bond acceptors (Lipinski definition) is 6. The maximum Gasteiger partial charge on any atom is 0.322 e. The number of hydrogen-bond donors (Lipinski definition) is 3. The van der Waals surface area contributed by atoms with Gasteiger partial charge in [0.15, 0.2) is 0 Å². The van der Waals surface area contributed by atoms with E-state index in [1.165, 1.54) is 36.0 Å². The van der Waals surface area contributed by atoms with Gasteiger partial charge in [0.05, 0.1) is 11.5 Å². The quantitative estimate of drug-likeness (QED) is 0.508. The number of benzene rings is 1. The van der Waals surface area contributed by atoms with Crippen LogP contribution in [0.1, 0.15) is 13.3 Å². The Hall–Kier alpha value is -1.78.